The number of H-pyrrole nitrogens is 1. The van der Waals surface area contributed by atoms with E-state index < -0.39 is 0 Å². The first-order valence-corrected chi connectivity index (χ1v) is 9.73. The minimum Gasteiger partial charge on any atom is -0.493 e. The van der Waals surface area contributed by atoms with Gasteiger partial charge in [0, 0.05) is 73.2 Å². The number of benzene rings is 1. The average molecular weight is 391 g/mol. The predicted octanol–water partition coefficient (Wildman–Crippen LogP) is 2.88. The van der Waals surface area contributed by atoms with Crippen molar-refractivity contribution in [2.45, 2.75) is 12.6 Å². The van der Waals surface area contributed by atoms with Crippen LogP contribution in [0.5, 0.6) is 11.5 Å². The molecule has 3 aromatic heterocycles. The molecule has 150 valence electrons. The van der Waals surface area contributed by atoms with Gasteiger partial charge in [0.05, 0.1) is 19.7 Å². The molecule has 0 aliphatic carbocycles. The quantitative estimate of drug-likeness (QED) is 0.547. The van der Waals surface area contributed by atoms with Gasteiger partial charge in [0.1, 0.15) is 5.65 Å². The zero-order valence-corrected chi connectivity index (χ0v) is 16.9. The highest BCUT2D eigenvalue weighted by Crippen LogP contribution is 2.38. The Morgan fingerprint density at radius 2 is 1.90 bits per heavy atom. The second kappa shape index (κ2) is 6.79. The Kier molecular flexibility index (Phi) is 4.22. The highest BCUT2D eigenvalue weighted by molar-refractivity contribution is 5.99. The van der Waals surface area contributed by atoms with Crippen molar-refractivity contribution >= 4 is 21.9 Å². The van der Waals surface area contributed by atoms with Crippen LogP contribution in [-0.4, -0.2) is 52.8 Å². The summed E-state index contributed by atoms with van der Waals surface area (Å²) in [5.74, 6) is 1.44. The molecule has 7 heteroatoms. The van der Waals surface area contributed by atoms with Gasteiger partial charge in [-0.15, -0.1) is 0 Å². The molecular formula is C22H25N5O2. The van der Waals surface area contributed by atoms with E-state index in [-0.39, 0.29) is 0 Å². The molecule has 0 spiro atoms. The van der Waals surface area contributed by atoms with Crippen LogP contribution in [0.25, 0.3) is 33.2 Å². The maximum Gasteiger partial charge on any atom is 0.162 e. The van der Waals surface area contributed by atoms with Gasteiger partial charge in [0.2, 0.25) is 0 Å². The number of methoxy groups -OCH3 is 2. The molecule has 1 saturated heterocycles. The lowest BCUT2D eigenvalue weighted by Gasteiger charge is -2.36. The standard InChI is InChI=1S/C22H25N5O2/c1-26-12-17(16-7-20(28-2)21(29-3)8-19(16)26)18-6-15-13(4-5-24-22(15)25-18)9-27-10-14(23)11-27/h4-8,12,14H,9-11,23H2,1-3H3,(H,24,25). The summed E-state index contributed by atoms with van der Waals surface area (Å²) in [4.78, 5) is 10.4. The average Bonchev–Trinajstić information content (AvgIpc) is 3.27. The zero-order valence-electron chi connectivity index (χ0n) is 16.9. The topological polar surface area (TPSA) is 81.3 Å². The number of likely N-dealkylation sites (tertiary alicyclic amines) is 1. The number of pyridine rings is 1. The summed E-state index contributed by atoms with van der Waals surface area (Å²) in [6.45, 7) is 2.79. The van der Waals surface area contributed by atoms with Crippen molar-refractivity contribution < 1.29 is 9.47 Å². The summed E-state index contributed by atoms with van der Waals surface area (Å²) in [5, 5.41) is 2.26. The van der Waals surface area contributed by atoms with E-state index in [1.165, 1.54) is 5.56 Å². The number of nitrogens with one attached hydrogen (secondary N) is 1. The molecule has 1 aromatic carbocycles. The Morgan fingerprint density at radius 3 is 2.62 bits per heavy atom. The fraction of sp³-hybridized carbons (Fsp3) is 0.318. The maximum atomic E-state index is 5.93. The van der Waals surface area contributed by atoms with E-state index in [9.17, 15) is 0 Å². The SMILES string of the molecule is COc1cc2c(-c3cc4c(CN5CC(N)C5)ccnc4[nH]3)cn(C)c2cc1OC. The summed E-state index contributed by atoms with van der Waals surface area (Å²) in [6.07, 6.45) is 4.00. The van der Waals surface area contributed by atoms with E-state index in [1.807, 2.05) is 25.4 Å². The third-order valence-corrected chi connectivity index (χ3v) is 5.79. The summed E-state index contributed by atoms with van der Waals surface area (Å²) in [5.41, 5.74) is 11.3. The van der Waals surface area contributed by atoms with E-state index in [0.29, 0.717) is 6.04 Å². The molecule has 0 atom stereocenters. The molecule has 5 rings (SSSR count). The van der Waals surface area contributed by atoms with Gasteiger partial charge in [0.15, 0.2) is 11.5 Å². The number of rotatable bonds is 5. The van der Waals surface area contributed by atoms with Crippen LogP contribution in [0, 0.1) is 0 Å². The Bertz CT molecular complexity index is 1200. The van der Waals surface area contributed by atoms with Crippen LogP contribution >= 0.6 is 0 Å². The van der Waals surface area contributed by atoms with Crippen molar-refractivity contribution in [2.75, 3.05) is 27.3 Å². The number of aromatic amines is 1. The number of nitrogens with two attached hydrogens (primary N) is 1. The van der Waals surface area contributed by atoms with Crippen LogP contribution in [0.15, 0.2) is 36.7 Å². The third-order valence-electron chi connectivity index (χ3n) is 5.79. The Labute approximate surface area is 169 Å². The molecule has 4 heterocycles. The number of aryl methyl sites for hydroxylation is 1. The van der Waals surface area contributed by atoms with Gasteiger partial charge in [-0.05, 0) is 23.8 Å². The number of nitrogens with zero attached hydrogens (tertiary/aromatic N) is 3. The molecule has 29 heavy (non-hydrogen) atoms. The molecule has 3 N–H and O–H groups in total. The molecule has 1 aliphatic rings. The molecule has 0 amide bonds. The number of fused-ring (bicyclic) bond motifs is 2. The molecule has 0 radical (unpaired) electrons. The lowest BCUT2D eigenvalue weighted by molar-refractivity contribution is 0.143. The third kappa shape index (κ3) is 2.94. The van der Waals surface area contributed by atoms with E-state index >= 15 is 0 Å². The van der Waals surface area contributed by atoms with Crippen molar-refractivity contribution in [2.24, 2.45) is 12.8 Å². The van der Waals surface area contributed by atoms with Crippen molar-refractivity contribution in [3.05, 3.63) is 42.2 Å². The Hall–Kier alpha value is -3.03. The molecule has 1 aliphatic heterocycles. The van der Waals surface area contributed by atoms with Gasteiger partial charge in [-0.25, -0.2) is 4.98 Å². The van der Waals surface area contributed by atoms with Gasteiger partial charge in [0.25, 0.3) is 0 Å². The van der Waals surface area contributed by atoms with Crippen molar-refractivity contribution in [1.29, 1.82) is 0 Å². The lowest BCUT2D eigenvalue weighted by Crippen LogP contribution is -2.54. The van der Waals surface area contributed by atoms with Crippen LogP contribution in [0.4, 0.5) is 0 Å². The lowest BCUT2D eigenvalue weighted by atomic mass is 10.1. The predicted molar refractivity (Wildman–Crippen MR) is 114 cm³/mol. The highest BCUT2D eigenvalue weighted by Gasteiger charge is 2.24. The van der Waals surface area contributed by atoms with Crippen LogP contribution in [0.1, 0.15) is 5.56 Å². The van der Waals surface area contributed by atoms with Crippen LogP contribution in [0.2, 0.25) is 0 Å². The fourth-order valence-electron chi connectivity index (χ4n) is 4.27. The first kappa shape index (κ1) is 18.0. The van der Waals surface area contributed by atoms with E-state index in [4.69, 9.17) is 15.2 Å². The van der Waals surface area contributed by atoms with Gasteiger partial charge in [-0.3, -0.25) is 4.90 Å². The molecule has 0 saturated carbocycles. The number of hydrogen-bond acceptors (Lipinski definition) is 5. The second-order valence-electron chi connectivity index (χ2n) is 7.75. The summed E-state index contributed by atoms with van der Waals surface area (Å²) < 4.78 is 13.1. The molecule has 1 fully saturated rings. The number of ether oxygens (including phenoxy) is 2. The molecular weight excluding hydrogens is 366 g/mol. The van der Waals surface area contributed by atoms with Gasteiger partial charge in [-0.1, -0.05) is 0 Å². The summed E-state index contributed by atoms with van der Waals surface area (Å²) in [6, 6.07) is 8.64. The number of hydrogen-bond donors (Lipinski definition) is 2. The fourth-order valence-corrected chi connectivity index (χ4v) is 4.27. The number of aromatic nitrogens is 3. The smallest absolute Gasteiger partial charge is 0.162 e. The van der Waals surface area contributed by atoms with Gasteiger partial charge in [-0.2, -0.15) is 0 Å². The largest absolute Gasteiger partial charge is 0.493 e. The zero-order chi connectivity index (χ0) is 20.1. The molecule has 0 unspecified atom stereocenters. The van der Waals surface area contributed by atoms with Crippen LogP contribution < -0.4 is 15.2 Å². The summed E-state index contributed by atoms with van der Waals surface area (Å²) in [7, 11) is 5.35. The molecule has 7 nitrogen and oxygen atoms in total. The van der Waals surface area contributed by atoms with Crippen molar-refractivity contribution in [3.8, 4) is 22.8 Å². The highest BCUT2D eigenvalue weighted by atomic mass is 16.5. The summed E-state index contributed by atoms with van der Waals surface area (Å²) >= 11 is 0. The molecule has 0 bridgehead atoms. The van der Waals surface area contributed by atoms with E-state index in [0.717, 1.165) is 64.3 Å². The van der Waals surface area contributed by atoms with Crippen molar-refractivity contribution in [3.63, 3.8) is 0 Å². The van der Waals surface area contributed by atoms with Crippen molar-refractivity contribution in [1.82, 2.24) is 19.4 Å². The van der Waals surface area contributed by atoms with Crippen LogP contribution in [0.3, 0.4) is 0 Å². The first-order valence-electron chi connectivity index (χ1n) is 9.73. The first-order chi connectivity index (χ1) is 14.1. The maximum absolute atomic E-state index is 5.93. The van der Waals surface area contributed by atoms with E-state index in [2.05, 4.69) is 37.8 Å². The minimum atomic E-state index is 0.303. The van der Waals surface area contributed by atoms with Crippen LogP contribution in [-0.2, 0) is 13.6 Å². The molecule has 4 aromatic rings. The van der Waals surface area contributed by atoms with E-state index in [1.54, 1.807) is 14.2 Å². The Balaban J connectivity index is 1.61. The monoisotopic (exact) mass is 391 g/mol. The Morgan fingerprint density at radius 1 is 1.14 bits per heavy atom. The minimum absolute atomic E-state index is 0.303. The normalized spacial score (nSPS) is 15.2. The second-order valence-corrected chi connectivity index (χ2v) is 7.75. The van der Waals surface area contributed by atoms with Gasteiger partial charge >= 0.3 is 0 Å². The van der Waals surface area contributed by atoms with Gasteiger partial charge < -0.3 is 24.8 Å².